The summed E-state index contributed by atoms with van der Waals surface area (Å²) in [5.41, 5.74) is 3.52. The molecule has 0 spiro atoms. The average molecular weight is 231 g/mol. The molecule has 17 heavy (non-hydrogen) atoms. The first-order chi connectivity index (χ1) is 8.02. The first kappa shape index (κ1) is 12.2. The second-order valence-corrected chi connectivity index (χ2v) is 5.83. The van der Waals surface area contributed by atoms with Crippen LogP contribution in [0, 0.1) is 12.3 Å². The van der Waals surface area contributed by atoms with Crippen molar-refractivity contribution in [1.29, 1.82) is 0 Å². The van der Waals surface area contributed by atoms with Crippen molar-refractivity contribution in [1.82, 2.24) is 0 Å². The van der Waals surface area contributed by atoms with Crippen molar-refractivity contribution < 1.29 is 4.79 Å². The molecule has 1 aromatic rings. The van der Waals surface area contributed by atoms with E-state index in [9.17, 15) is 4.79 Å². The zero-order chi connectivity index (χ0) is 12.5. The van der Waals surface area contributed by atoms with Crippen LogP contribution in [0.25, 0.3) is 0 Å². The molecule has 1 fully saturated rings. The number of piperidine rings is 1. The van der Waals surface area contributed by atoms with E-state index in [4.69, 9.17) is 0 Å². The lowest BCUT2D eigenvalue weighted by molar-refractivity contribution is 0.112. The van der Waals surface area contributed by atoms with E-state index in [1.54, 1.807) is 0 Å². The van der Waals surface area contributed by atoms with Gasteiger partial charge in [-0.3, -0.25) is 4.79 Å². The fourth-order valence-corrected chi connectivity index (χ4v) is 2.41. The third-order valence-corrected chi connectivity index (χ3v) is 3.77. The second kappa shape index (κ2) is 4.52. The fourth-order valence-electron chi connectivity index (χ4n) is 2.41. The highest BCUT2D eigenvalue weighted by atomic mass is 16.1. The monoisotopic (exact) mass is 231 g/mol. The molecule has 2 nitrogen and oxygen atoms in total. The summed E-state index contributed by atoms with van der Waals surface area (Å²) < 4.78 is 0. The first-order valence-electron chi connectivity index (χ1n) is 6.33. The molecule has 1 aliphatic heterocycles. The molecule has 1 aromatic carbocycles. The van der Waals surface area contributed by atoms with Crippen LogP contribution >= 0.6 is 0 Å². The summed E-state index contributed by atoms with van der Waals surface area (Å²) >= 11 is 0. The van der Waals surface area contributed by atoms with Gasteiger partial charge in [-0.1, -0.05) is 25.5 Å². The number of anilines is 1. The van der Waals surface area contributed by atoms with Gasteiger partial charge in [0, 0.05) is 24.3 Å². The van der Waals surface area contributed by atoms with Crippen molar-refractivity contribution in [2.75, 3.05) is 18.0 Å². The van der Waals surface area contributed by atoms with Gasteiger partial charge >= 0.3 is 0 Å². The van der Waals surface area contributed by atoms with Crippen LogP contribution in [0.2, 0.25) is 0 Å². The number of hydrogen-bond acceptors (Lipinski definition) is 2. The van der Waals surface area contributed by atoms with Crippen molar-refractivity contribution in [3.8, 4) is 0 Å². The summed E-state index contributed by atoms with van der Waals surface area (Å²) in [6.45, 7) is 8.77. The number of carbonyl (C=O) groups is 1. The average Bonchev–Trinajstić information content (AvgIpc) is 2.29. The summed E-state index contributed by atoms with van der Waals surface area (Å²) in [5, 5.41) is 0. The van der Waals surface area contributed by atoms with Crippen LogP contribution in [0.4, 0.5) is 5.69 Å². The van der Waals surface area contributed by atoms with Crippen LogP contribution in [0.3, 0.4) is 0 Å². The Morgan fingerprint density at radius 3 is 2.47 bits per heavy atom. The molecular formula is C15H21NO. The van der Waals surface area contributed by atoms with Crippen LogP contribution in [0.5, 0.6) is 0 Å². The highest BCUT2D eigenvalue weighted by Crippen LogP contribution is 2.33. The molecule has 0 aliphatic carbocycles. The number of hydrogen-bond donors (Lipinski definition) is 0. The fraction of sp³-hybridized carbons (Fsp3) is 0.533. The normalized spacial score (nSPS) is 19.1. The van der Waals surface area contributed by atoms with Crippen molar-refractivity contribution in [2.45, 2.75) is 33.6 Å². The molecule has 0 N–H and O–H groups in total. The minimum Gasteiger partial charge on any atom is -0.371 e. The van der Waals surface area contributed by atoms with Gasteiger partial charge in [-0.2, -0.15) is 0 Å². The molecule has 0 atom stereocenters. The minimum atomic E-state index is 0.447. The standard InChI is InChI=1S/C15H21NO/c1-12-4-5-14(13(10-12)11-17)16-8-6-15(2,3)7-9-16/h4-5,10-11H,6-9H2,1-3H3. The Labute approximate surface area is 104 Å². The molecule has 92 valence electrons. The van der Waals surface area contributed by atoms with Gasteiger partial charge in [0.1, 0.15) is 0 Å². The van der Waals surface area contributed by atoms with Crippen molar-refractivity contribution in [3.63, 3.8) is 0 Å². The number of carbonyl (C=O) groups excluding carboxylic acids is 1. The quantitative estimate of drug-likeness (QED) is 0.727. The van der Waals surface area contributed by atoms with E-state index in [-0.39, 0.29) is 0 Å². The zero-order valence-electron chi connectivity index (χ0n) is 11.0. The van der Waals surface area contributed by atoms with Gasteiger partial charge in [-0.15, -0.1) is 0 Å². The van der Waals surface area contributed by atoms with Crippen LogP contribution in [0.15, 0.2) is 18.2 Å². The number of benzene rings is 1. The lowest BCUT2D eigenvalue weighted by atomic mass is 9.82. The van der Waals surface area contributed by atoms with Crippen LogP contribution in [0.1, 0.15) is 42.6 Å². The largest absolute Gasteiger partial charge is 0.371 e. The van der Waals surface area contributed by atoms with Gasteiger partial charge in [-0.05, 0) is 37.3 Å². The summed E-state index contributed by atoms with van der Waals surface area (Å²) in [7, 11) is 0. The predicted molar refractivity (Wildman–Crippen MR) is 71.8 cm³/mol. The SMILES string of the molecule is Cc1ccc(N2CCC(C)(C)CC2)c(C=O)c1. The van der Waals surface area contributed by atoms with E-state index in [1.807, 2.05) is 13.0 Å². The van der Waals surface area contributed by atoms with Gasteiger partial charge < -0.3 is 4.90 Å². The molecule has 1 heterocycles. The van der Waals surface area contributed by atoms with Crippen molar-refractivity contribution in [2.24, 2.45) is 5.41 Å². The summed E-state index contributed by atoms with van der Waals surface area (Å²) in [4.78, 5) is 13.5. The Morgan fingerprint density at radius 2 is 1.88 bits per heavy atom. The van der Waals surface area contributed by atoms with Crippen LogP contribution < -0.4 is 4.90 Å². The van der Waals surface area contributed by atoms with Crippen LogP contribution in [-0.4, -0.2) is 19.4 Å². The van der Waals surface area contributed by atoms with Crippen molar-refractivity contribution >= 4 is 12.0 Å². The maximum atomic E-state index is 11.1. The number of aldehydes is 1. The van der Waals surface area contributed by atoms with E-state index >= 15 is 0 Å². The Morgan fingerprint density at radius 1 is 1.24 bits per heavy atom. The van der Waals surface area contributed by atoms with E-state index < -0.39 is 0 Å². The molecule has 1 aliphatic rings. The molecule has 2 rings (SSSR count). The van der Waals surface area contributed by atoms with Crippen LogP contribution in [-0.2, 0) is 0 Å². The van der Waals surface area contributed by atoms with Gasteiger partial charge in [-0.25, -0.2) is 0 Å². The predicted octanol–water partition coefficient (Wildman–Crippen LogP) is 3.43. The molecule has 0 saturated carbocycles. The van der Waals surface area contributed by atoms with E-state index in [1.165, 1.54) is 12.8 Å². The number of rotatable bonds is 2. The van der Waals surface area contributed by atoms with Gasteiger partial charge in [0.15, 0.2) is 6.29 Å². The lowest BCUT2D eigenvalue weighted by Gasteiger charge is -2.38. The number of aryl methyl sites for hydroxylation is 1. The van der Waals surface area contributed by atoms with Gasteiger partial charge in [0.25, 0.3) is 0 Å². The Bertz CT molecular complexity index is 413. The van der Waals surface area contributed by atoms with Crippen molar-refractivity contribution in [3.05, 3.63) is 29.3 Å². The molecule has 2 heteroatoms. The van der Waals surface area contributed by atoms with E-state index in [0.29, 0.717) is 5.41 Å². The second-order valence-electron chi connectivity index (χ2n) is 5.83. The smallest absolute Gasteiger partial charge is 0.152 e. The molecule has 0 bridgehead atoms. The van der Waals surface area contributed by atoms with Gasteiger partial charge in [0.2, 0.25) is 0 Å². The Balaban J connectivity index is 2.21. The molecule has 1 saturated heterocycles. The highest BCUT2D eigenvalue weighted by Gasteiger charge is 2.26. The van der Waals surface area contributed by atoms with Gasteiger partial charge in [0.05, 0.1) is 0 Å². The topological polar surface area (TPSA) is 20.3 Å². The molecule has 0 radical (unpaired) electrons. The molecule has 0 amide bonds. The Hall–Kier alpha value is -1.31. The highest BCUT2D eigenvalue weighted by molar-refractivity contribution is 5.85. The van der Waals surface area contributed by atoms with E-state index in [0.717, 1.165) is 36.2 Å². The summed E-state index contributed by atoms with van der Waals surface area (Å²) in [5.74, 6) is 0. The zero-order valence-corrected chi connectivity index (χ0v) is 11.0. The maximum Gasteiger partial charge on any atom is 0.152 e. The molecule has 0 aromatic heterocycles. The third kappa shape index (κ3) is 2.68. The first-order valence-corrected chi connectivity index (χ1v) is 6.33. The molecular weight excluding hydrogens is 210 g/mol. The minimum absolute atomic E-state index is 0.447. The van der Waals surface area contributed by atoms with E-state index in [2.05, 4.69) is 30.9 Å². The summed E-state index contributed by atoms with van der Waals surface area (Å²) in [6, 6.07) is 6.14. The maximum absolute atomic E-state index is 11.1. The lowest BCUT2D eigenvalue weighted by Crippen LogP contribution is -2.37. The summed E-state index contributed by atoms with van der Waals surface area (Å²) in [6.07, 6.45) is 3.36. The number of nitrogens with zero attached hydrogens (tertiary/aromatic N) is 1. The third-order valence-electron chi connectivity index (χ3n) is 3.77. The molecule has 0 unspecified atom stereocenters. The Kier molecular flexibility index (Phi) is 3.23.